The van der Waals surface area contributed by atoms with Crippen LogP contribution in [0.3, 0.4) is 0 Å². The number of hydrogen-bond donors (Lipinski definition) is 0. The molecule has 1 atom stereocenters. The van der Waals surface area contributed by atoms with E-state index in [1.54, 1.807) is 0 Å². The molecule has 0 aliphatic carbocycles. The first kappa shape index (κ1) is 11.4. The summed E-state index contributed by atoms with van der Waals surface area (Å²) in [6.45, 7) is 5.01. The van der Waals surface area contributed by atoms with Gasteiger partial charge in [-0.15, -0.1) is 0 Å². The largest absolute Gasteiger partial charge is 0.340 e. The quantitative estimate of drug-likeness (QED) is 0.754. The third-order valence-corrected chi connectivity index (χ3v) is 1.99. The van der Waals surface area contributed by atoms with E-state index in [4.69, 9.17) is 5.26 Å². The molecule has 4 nitrogen and oxygen atoms in total. The van der Waals surface area contributed by atoms with Crippen LogP contribution in [0.2, 0.25) is 0 Å². The van der Waals surface area contributed by atoms with E-state index in [-0.39, 0.29) is 5.92 Å². The predicted octanol–water partition coefficient (Wildman–Crippen LogP) is 1.60. The molecule has 1 aromatic heterocycles. The van der Waals surface area contributed by atoms with Crippen molar-refractivity contribution in [1.82, 2.24) is 9.97 Å². The molecule has 0 aliphatic rings. The van der Waals surface area contributed by atoms with Crippen LogP contribution in [0.15, 0.2) is 12.4 Å². The fourth-order valence-corrected chi connectivity index (χ4v) is 1.19. The minimum atomic E-state index is -0.455. The van der Waals surface area contributed by atoms with E-state index in [1.165, 1.54) is 0 Å². The van der Waals surface area contributed by atoms with Gasteiger partial charge in [0, 0.05) is 13.1 Å². The molecule has 0 spiro atoms. The van der Waals surface area contributed by atoms with Crippen LogP contribution in [0.5, 0.6) is 0 Å². The molecule has 0 saturated carbocycles. The average Bonchev–Trinajstić information content (AvgIpc) is 2.27. The molecule has 80 valence electrons. The molecular weight excluding hydrogens is 195 g/mol. The molecular formula is C10H13FN4. The highest BCUT2D eigenvalue weighted by Crippen LogP contribution is 2.08. The summed E-state index contributed by atoms with van der Waals surface area (Å²) < 4.78 is 12.6. The van der Waals surface area contributed by atoms with Gasteiger partial charge in [0.1, 0.15) is 0 Å². The monoisotopic (exact) mass is 208 g/mol. The van der Waals surface area contributed by atoms with Gasteiger partial charge in [-0.3, -0.25) is 0 Å². The highest BCUT2D eigenvalue weighted by atomic mass is 19.1. The molecule has 0 bridgehead atoms. The SMILES string of the molecule is CCN(CC(C)C#N)c1ncc(F)cn1. The van der Waals surface area contributed by atoms with Crippen LogP contribution in [0, 0.1) is 23.1 Å². The van der Waals surface area contributed by atoms with Gasteiger partial charge in [0.05, 0.1) is 24.4 Å². The summed E-state index contributed by atoms with van der Waals surface area (Å²) in [7, 11) is 0. The zero-order valence-electron chi connectivity index (χ0n) is 8.81. The average molecular weight is 208 g/mol. The van der Waals surface area contributed by atoms with Crippen molar-refractivity contribution in [3.63, 3.8) is 0 Å². The van der Waals surface area contributed by atoms with Gasteiger partial charge in [-0.1, -0.05) is 0 Å². The van der Waals surface area contributed by atoms with Crippen molar-refractivity contribution in [2.75, 3.05) is 18.0 Å². The summed E-state index contributed by atoms with van der Waals surface area (Å²) >= 11 is 0. The first-order valence-corrected chi connectivity index (χ1v) is 4.79. The molecule has 5 heteroatoms. The number of nitrogens with zero attached hydrogens (tertiary/aromatic N) is 4. The summed E-state index contributed by atoms with van der Waals surface area (Å²) in [6.07, 6.45) is 2.25. The van der Waals surface area contributed by atoms with Gasteiger partial charge in [0.15, 0.2) is 5.82 Å². The molecule has 15 heavy (non-hydrogen) atoms. The molecule has 1 heterocycles. The molecule has 0 N–H and O–H groups in total. The van der Waals surface area contributed by atoms with Crippen LogP contribution in [0.1, 0.15) is 13.8 Å². The van der Waals surface area contributed by atoms with Crippen LogP contribution in [-0.2, 0) is 0 Å². The Kier molecular flexibility index (Phi) is 3.98. The van der Waals surface area contributed by atoms with Crippen molar-refractivity contribution in [3.8, 4) is 6.07 Å². The second kappa shape index (κ2) is 5.25. The Bertz CT molecular complexity index is 343. The molecule has 0 aromatic carbocycles. The van der Waals surface area contributed by atoms with Crippen LogP contribution >= 0.6 is 0 Å². The third-order valence-electron chi connectivity index (χ3n) is 1.99. The number of anilines is 1. The van der Waals surface area contributed by atoms with Gasteiger partial charge in [0.25, 0.3) is 0 Å². The Balaban J connectivity index is 2.75. The Morgan fingerprint density at radius 3 is 2.60 bits per heavy atom. The van der Waals surface area contributed by atoms with Crippen molar-refractivity contribution in [2.45, 2.75) is 13.8 Å². The van der Waals surface area contributed by atoms with Crippen molar-refractivity contribution in [2.24, 2.45) is 5.92 Å². The van der Waals surface area contributed by atoms with E-state index < -0.39 is 5.82 Å². The van der Waals surface area contributed by atoms with Crippen molar-refractivity contribution >= 4 is 5.95 Å². The minimum absolute atomic E-state index is 0.0985. The lowest BCUT2D eigenvalue weighted by molar-refractivity contribution is 0.607. The summed E-state index contributed by atoms with van der Waals surface area (Å²) in [5, 5.41) is 8.69. The zero-order chi connectivity index (χ0) is 11.3. The van der Waals surface area contributed by atoms with Crippen molar-refractivity contribution < 1.29 is 4.39 Å². The zero-order valence-corrected chi connectivity index (χ0v) is 8.81. The second-order valence-electron chi connectivity index (χ2n) is 3.27. The lowest BCUT2D eigenvalue weighted by Crippen LogP contribution is -2.29. The van der Waals surface area contributed by atoms with Gasteiger partial charge >= 0.3 is 0 Å². The third kappa shape index (κ3) is 3.17. The topological polar surface area (TPSA) is 52.8 Å². The van der Waals surface area contributed by atoms with E-state index in [0.29, 0.717) is 19.0 Å². The standard InChI is InChI=1S/C10H13FN4/c1-3-15(7-8(2)4-12)10-13-5-9(11)6-14-10/h5-6,8H,3,7H2,1-2H3. The van der Waals surface area contributed by atoms with E-state index in [0.717, 1.165) is 12.4 Å². The lowest BCUT2D eigenvalue weighted by atomic mass is 10.2. The molecule has 0 fully saturated rings. The Morgan fingerprint density at radius 2 is 2.13 bits per heavy atom. The predicted molar refractivity (Wildman–Crippen MR) is 54.7 cm³/mol. The summed E-state index contributed by atoms with van der Waals surface area (Å²) in [6, 6.07) is 2.14. The van der Waals surface area contributed by atoms with Crippen molar-refractivity contribution in [3.05, 3.63) is 18.2 Å². The highest BCUT2D eigenvalue weighted by molar-refractivity contribution is 5.28. The molecule has 1 unspecified atom stereocenters. The van der Waals surface area contributed by atoms with E-state index >= 15 is 0 Å². The number of nitriles is 1. The van der Waals surface area contributed by atoms with Gasteiger partial charge in [-0.2, -0.15) is 5.26 Å². The summed E-state index contributed by atoms with van der Waals surface area (Å²) in [5.41, 5.74) is 0. The van der Waals surface area contributed by atoms with Gasteiger partial charge in [0.2, 0.25) is 5.95 Å². The first-order chi connectivity index (χ1) is 7.17. The Hall–Kier alpha value is -1.70. The maximum Gasteiger partial charge on any atom is 0.225 e. The van der Waals surface area contributed by atoms with Crippen LogP contribution in [0.25, 0.3) is 0 Å². The van der Waals surface area contributed by atoms with Crippen LogP contribution in [0.4, 0.5) is 10.3 Å². The normalized spacial score (nSPS) is 11.9. The molecule has 1 aromatic rings. The number of hydrogen-bond acceptors (Lipinski definition) is 4. The number of halogens is 1. The first-order valence-electron chi connectivity index (χ1n) is 4.79. The highest BCUT2D eigenvalue weighted by Gasteiger charge is 2.11. The van der Waals surface area contributed by atoms with Crippen LogP contribution < -0.4 is 4.90 Å². The number of rotatable bonds is 4. The van der Waals surface area contributed by atoms with Gasteiger partial charge in [-0.25, -0.2) is 14.4 Å². The molecule has 0 amide bonds. The summed E-state index contributed by atoms with van der Waals surface area (Å²) in [4.78, 5) is 9.58. The van der Waals surface area contributed by atoms with Gasteiger partial charge < -0.3 is 4.90 Å². The summed E-state index contributed by atoms with van der Waals surface area (Å²) in [5.74, 6) is -0.0947. The lowest BCUT2D eigenvalue weighted by Gasteiger charge is -2.21. The van der Waals surface area contributed by atoms with Crippen LogP contribution in [-0.4, -0.2) is 23.1 Å². The molecule has 0 saturated heterocycles. The van der Waals surface area contributed by atoms with E-state index in [9.17, 15) is 4.39 Å². The van der Waals surface area contributed by atoms with Crippen molar-refractivity contribution in [1.29, 1.82) is 5.26 Å². The smallest absolute Gasteiger partial charge is 0.225 e. The Morgan fingerprint density at radius 1 is 1.53 bits per heavy atom. The van der Waals surface area contributed by atoms with Gasteiger partial charge in [-0.05, 0) is 13.8 Å². The molecule has 0 aliphatic heterocycles. The maximum atomic E-state index is 12.6. The second-order valence-corrected chi connectivity index (χ2v) is 3.27. The van der Waals surface area contributed by atoms with E-state index in [1.807, 2.05) is 18.7 Å². The number of aromatic nitrogens is 2. The Labute approximate surface area is 88.4 Å². The van der Waals surface area contributed by atoms with E-state index in [2.05, 4.69) is 16.0 Å². The minimum Gasteiger partial charge on any atom is -0.340 e. The fraction of sp³-hybridized carbons (Fsp3) is 0.500. The molecule has 1 rings (SSSR count). The fourth-order valence-electron chi connectivity index (χ4n) is 1.19. The maximum absolute atomic E-state index is 12.6. The molecule has 0 radical (unpaired) electrons.